The number of aromatic carboxylic acids is 1. The summed E-state index contributed by atoms with van der Waals surface area (Å²) in [7, 11) is 0. The quantitative estimate of drug-likeness (QED) is 0.118. The lowest BCUT2D eigenvalue weighted by Crippen LogP contribution is -2.32. The van der Waals surface area contributed by atoms with Crippen molar-refractivity contribution in [2.45, 2.75) is 0 Å². The minimum atomic E-state index is -1.17. The van der Waals surface area contributed by atoms with E-state index in [1.54, 1.807) is 24.3 Å². The molecular formula is C23H15Br4N3O5S. The average molecular weight is 765 g/mol. The molecule has 0 bridgehead atoms. The Balaban J connectivity index is 2.08. The maximum atomic E-state index is 12.6. The highest BCUT2D eigenvalue weighted by Gasteiger charge is 2.27. The average Bonchev–Trinajstić information content (AvgIpc) is 2.84. The molecule has 36 heavy (non-hydrogen) atoms. The Labute approximate surface area is 243 Å². The standard InChI is InChI=1S/C23H15Br4N3O5S/c24-13-6-11-15(9-2-1-8(5-10(9)22(33)34)30-23(36)29-4-3-28)12-7-14(25)19(32)17(27)21(12)35-20(11)16(26)18(13)31/h1-2,5-7,31H,3-4,28H2,(H,33,34)(H2,29,30,36). The highest BCUT2D eigenvalue weighted by Crippen LogP contribution is 2.49. The van der Waals surface area contributed by atoms with Crippen LogP contribution < -0.4 is 21.8 Å². The molecule has 186 valence electrons. The van der Waals surface area contributed by atoms with E-state index in [0.717, 1.165) is 0 Å². The first-order chi connectivity index (χ1) is 17.0. The number of hydrogen-bond donors (Lipinski definition) is 5. The smallest absolute Gasteiger partial charge is 0.336 e. The van der Waals surface area contributed by atoms with Crippen LogP contribution in [0.2, 0.25) is 0 Å². The van der Waals surface area contributed by atoms with E-state index in [4.69, 9.17) is 22.4 Å². The first-order valence-corrected chi connectivity index (χ1v) is 13.7. The summed E-state index contributed by atoms with van der Waals surface area (Å²) in [4.78, 5) is 25.0. The number of anilines is 1. The van der Waals surface area contributed by atoms with Crippen LogP contribution in [0.25, 0.3) is 33.4 Å². The zero-order chi connectivity index (χ0) is 26.3. The number of nitrogens with two attached hydrogens (primary N) is 1. The van der Waals surface area contributed by atoms with E-state index in [2.05, 4.69) is 74.4 Å². The fraction of sp³-hybridized carbons (Fsp3) is 0.0870. The van der Waals surface area contributed by atoms with Gasteiger partial charge in [-0.3, -0.25) is 4.79 Å². The highest BCUT2D eigenvalue weighted by atomic mass is 79.9. The van der Waals surface area contributed by atoms with E-state index in [1.807, 2.05) is 0 Å². The second kappa shape index (κ2) is 10.8. The van der Waals surface area contributed by atoms with Crippen LogP contribution >= 0.6 is 75.9 Å². The van der Waals surface area contributed by atoms with Crippen molar-refractivity contribution in [3.63, 3.8) is 0 Å². The van der Waals surface area contributed by atoms with Crippen molar-refractivity contribution in [1.82, 2.24) is 5.32 Å². The lowest BCUT2D eigenvalue weighted by molar-refractivity contribution is 0.0697. The Morgan fingerprint density at radius 2 is 1.78 bits per heavy atom. The van der Waals surface area contributed by atoms with Crippen molar-refractivity contribution >= 4 is 104 Å². The van der Waals surface area contributed by atoms with Crippen LogP contribution in [0.15, 0.2) is 57.4 Å². The minimum absolute atomic E-state index is 0.0193. The molecule has 0 amide bonds. The molecule has 4 rings (SSSR count). The first-order valence-electron chi connectivity index (χ1n) is 10.1. The van der Waals surface area contributed by atoms with Crippen molar-refractivity contribution in [2.24, 2.45) is 5.73 Å². The highest BCUT2D eigenvalue weighted by molar-refractivity contribution is 9.11. The van der Waals surface area contributed by atoms with Gasteiger partial charge in [0.15, 0.2) is 16.5 Å². The number of carboxylic acid groups (broad SMARTS) is 1. The molecular weight excluding hydrogens is 750 g/mol. The van der Waals surface area contributed by atoms with Crippen molar-refractivity contribution in [2.75, 3.05) is 18.4 Å². The van der Waals surface area contributed by atoms with Crippen LogP contribution in [0.3, 0.4) is 0 Å². The predicted molar refractivity (Wildman–Crippen MR) is 157 cm³/mol. The molecule has 0 fully saturated rings. The number of phenols is 1. The van der Waals surface area contributed by atoms with Gasteiger partial charge in [0.05, 0.1) is 14.5 Å². The molecule has 2 aromatic rings. The molecule has 1 heterocycles. The van der Waals surface area contributed by atoms with Crippen LogP contribution in [0.4, 0.5) is 5.69 Å². The number of rotatable bonds is 5. The van der Waals surface area contributed by atoms with Crippen molar-refractivity contribution in [1.29, 1.82) is 0 Å². The van der Waals surface area contributed by atoms with Gasteiger partial charge in [0.1, 0.15) is 14.7 Å². The SMILES string of the molecule is NCCNC(=S)Nc1ccc(-c2c3cc(Br)c(=O)c(Br)c-3oc3c(Br)c(O)c(Br)cc23)c(C(=O)O)c1. The monoisotopic (exact) mass is 761 g/mol. The van der Waals surface area contributed by atoms with E-state index in [-0.39, 0.29) is 41.5 Å². The lowest BCUT2D eigenvalue weighted by atomic mass is 9.90. The van der Waals surface area contributed by atoms with E-state index in [0.29, 0.717) is 50.4 Å². The van der Waals surface area contributed by atoms with E-state index in [1.165, 1.54) is 6.07 Å². The van der Waals surface area contributed by atoms with E-state index >= 15 is 0 Å². The van der Waals surface area contributed by atoms with Gasteiger partial charge in [-0.1, -0.05) is 6.07 Å². The van der Waals surface area contributed by atoms with Crippen molar-refractivity contribution in [3.05, 3.63) is 64.0 Å². The summed E-state index contributed by atoms with van der Waals surface area (Å²) >= 11 is 18.5. The fourth-order valence-corrected chi connectivity index (χ4v) is 6.28. The first kappa shape index (κ1) is 27.0. The van der Waals surface area contributed by atoms with Gasteiger partial charge in [0.25, 0.3) is 0 Å². The number of carboxylic acids is 1. The Morgan fingerprint density at radius 1 is 1.06 bits per heavy atom. The van der Waals surface area contributed by atoms with Gasteiger partial charge >= 0.3 is 5.97 Å². The van der Waals surface area contributed by atoms with Crippen LogP contribution in [-0.4, -0.2) is 34.4 Å². The third kappa shape index (κ3) is 4.92. The van der Waals surface area contributed by atoms with Crippen LogP contribution in [-0.2, 0) is 0 Å². The number of phenolic OH excluding ortho intramolecular Hbond substituents is 1. The van der Waals surface area contributed by atoms with Gasteiger partial charge in [-0.05, 0) is 106 Å². The molecule has 1 aliphatic heterocycles. The molecule has 0 radical (unpaired) electrons. The molecule has 0 saturated carbocycles. The molecule has 2 aliphatic rings. The number of carbonyl (C=O) groups is 1. The number of nitrogens with one attached hydrogen (secondary N) is 2. The number of benzene rings is 3. The molecule has 6 N–H and O–H groups in total. The maximum absolute atomic E-state index is 12.6. The summed E-state index contributed by atoms with van der Waals surface area (Å²) in [5.74, 6) is -1.09. The summed E-state index contributed by atoms with van der Waals surface area (Å²) in [6.07, 6.45) is 0. The minimum Gasteiger partial charge on any atom is -0.505 e. The second-order valence-electron chi connectivity index (χ2n) is 7.49. The largest absolute Gasteiger partial charge is 0.505 e. The van der Waals surface area contributed by atoms with Gasteiger partial charge in [-0.15, -0.1) is 0 Å². The summed E-state index contributed by atoms with van der Waals surface area (Å²) < 4.78 is 7.08. The number of hydrogen-bond acceptors (Lipinski definition) is 6. The topological polar surface area (TPSA) is 138 Å². The number of fused-ring (bicyclic) bond motifs is 2. The van der Waals surface area contributed by atoms with Crippen LogP contribution in [0, 0.1) is 0 Å². The summed E-state index contributed by atoms with van der Waals surface area (Å²) in [5, 5.41) is 27.3. The van der Waals surface area contributed by atoms with Gasteiger partial charge < -0.3 is 31.0 Å². The maximum Gasteiger partial charge on any atom is 0.336 e. The zero-order valence-electron chi connectivity index (χ0n) is 17.9. The Hall–Kier alpha value is -2.03. The number of halogens is 4. The summed E-state index contributed by atoms with van der Waals surface area (Å²) in [5.41, 5.74) is 7.15. The second-order valence-corrected chi connectivity index (χ2v) is 11.2. The Bertz CT molecular complexity index is 1590. The fourth-order valence-electron chi connectivity index (χ4n) is 3.66. The van der Waals surface area contributed by atoms with Gasteiger partial charge in [0, 0.05) is 35.3 Å². The lowest BCUT2D eigenvalue weighted by Gasteiger charge is -2.20. The third-order valence-electron chi connectivity index (χ3n) is 5.23. The number of thiocarbonyl (C=S) groups is 1. The van der Waals surface area contributed by atoms with Crippen molar-refractivity contribution in [3.8, 4) is 28.2 Å². The summed E-state index contributed by atoms with van der Waals surface area (Å²) in [6, 6.07) is 8.01. The predicted octanol–water partition coefficient (Wildman–Crippen LogP) is 6.26. The van der Waals surface area contributed by atoms with Gasteiger partial charge in [0.2, 0.25) is 5.43 Å². The van der Waals surface area contributed by atoms with Crippen molar-refractivity contribution < 1.29 is 19.4 Å². The van der Waals surface area contributed by atoms with E-state index < -0.39 is 5.97 Å². The zero-order valence-corrected chi connectivity index (χ0v) is 25.1. The normalized spacial score (nSPS) is 11.1. The molecule has 0 saturated heterocycles. The van der Waals surface area contributed by atoms with Gasteiger partial charge in [-0.2, -0.15) is 0 Å². The Morgan fingerprint density at radius 3 is 2.44 bits per heavy atom. The molecule has 1 aliphatic carbocycles. The summed E-state index contributed by atoms with van der Waals surface area (Å²) in [6.45, 7) is 0.848. The molecule has 8 nitrogen and oxygen atoms in total. The third-order valence-corrected chi connectivity index (χ3v) is 8.13. The van der Waals surface area contributed by atoms with E-state index in [9.17, 15) is 19.8 Å². The van der Waals surface area contributed by atoms with Gasteiger partial charge in [-0.25, -0.2) is 4.79 Å². The molecule has 0 spiro atoms. The van der Waals surface area contributed by atoms with Crippen LogP contribution in [0.5, 0.6) is 5.75 Å². The molecule has 0 aromatic heterocycles. The number of aromatic hydroxyl groups is 1. The molecule has 0 unspecified atom stereocenters. The molecule has 0 atom stereocenters. The van der Waals surface area contributed by atoms with Crippen LogP contribution in [0.1, 0.15) is 10.4 Å². The Kier molecular flexibility index (Phi) is 8.07. The molecule has 13 heteroatoms. The molecule has 2 aromatic carbocycles.